The number of hydrogen-bond donors (Lipinski definition) is 0. The van der Waals surface area contributed by atoms with E-state index in [1.165, 1.54) is 6.92 Å². The summed E-state index contributed by atoms with van der Waals surface area (Å²) in [6, 6.07) is 5.61. The van der Waals surface area contributed by atoms with Crippen LogP contribution in [0.25, 0.3) is 5.57 Å². The Morgan fingerprint density at radius 3 is 2.57 bits per heavy atom. The second kappa shape index (κ2) is 4.76. The molecular weight excluding hydrogens is 263 g/mol. The van der Waals surface area contributed by atoms with Gasteiger partial charge in [0.2, 0.25) is 0 Å². The topological polar surface area (TPSA) is 17.1 Å². The number of ketones is 1. The smallest absolute Gasteiger partial charge is 0.152 e. The van der Waals surface area contributed by atoms with E-state index in [4.69, 9.17) is 11.6 Å². The minimum absolute atomic E-state index is 0.0292. The molecule has 0 atom stereocenters. The van der Waals surface area contributed by atoms with E-state index in [1.54, 1.807) is 6.08 Å². The number of halogens is 2. The van der Waals surface area contributed by atoms with Gasteiger partial charge in [0.25, 0.3) is 0 Å². The third-order valence-electron chi connectivity index (χ3n) is 1.78. The van der Waals surface area contributed by atoms with Crippen molar-refractivity contribution in [2.24, 2.45) is 0 Å². The van der Waals surface area contributed by atoms with Crippen molar-refractivity contribution in [3.05, 3.63) is 39.3 Å². The van der Waals surface area contributed by atoms with Crippen LogP contribution in [0.15, 0.2) is 28.7 Å². The average molecular weight is 274 g/mol. The molecular formula is C11H10BrClO. The first kappa shape index (κ1) is 11.5. The number of rotatable bonds is 2. The molecule has 1 aromatic carbocycles. The van der Waals surface area contributed by atoms with Crippen LogP contribution in [0.5, 0.6) is 0 Å². The fourth-order valence-corrected chi connectivity index (χ4v) is 2.01. The van der Waals surface area contributed by atoms with Gasteiger partial charge in [-0.3, -0.25) is 4.79 Å². The van der Waals surface area contributed by atoms with Crippen molar-refractivity contribution in [2.45, 2.75) is 13.8 Å². The molecule has 3 heteroatoms. The fourth-order valence-electron chi connectivity index (χ4n) is 1.19. The van der Waals surface area contributed by atoms with Crippen LogP contribution < -0.4 is 0 Å². The van der Waals surface area contributed by atoms with Crippen molar-refractivity contribution in [1.82, 2.24) is 0 Å². The van der Waals surface area contributed by atoms with Crippen molar-refractivity contribution in [2.75, 3.05) is 0 Å². The lowest BCUT2D eigenvalue weighted by atomic mass is 10.1. The summed E-state index contributed by atoms with van der Waals surface area (Å²) in [5, 5.41) is 0.648. The summed E-state index contributed by atoms with van der Waals surface area (Å²) in [7, 11) is 0. The number of carbonyl (C=O) groups excluding carboxylic acids is 1. The Hall–Kier alpha value is -0.600. The first-order valence-electron chi connectivity index (χ1n) is 4.15. The summed E-state index contributed by atoms with van der Waals surface area (Å²) >= 11 is 9.35. The number of benzene rings is 1. The second-order valence-corrected chi connectivity index (χ2v) is 4.39. The summed E-state index contributed by atoms with van der Waals surface area (Å²) in [4.78, 5) is 10.9. The number of carbonyl (C=O) groups is 1. The van der Waals surface area contributed by atoms with Crippen molar-refractivity contribution in [1.29, 1.82) is 0 Å². The maximum Gasteiger partial charge on any atom is 0.152 e. The van der Waals surface area contributed by atoms with Gasteiger partial charge in [-0.2, -0.15) is 0 Å². The van der Waals surface area contributed by atoms with E-state index < -0.39 is 0 Å². The van der Waals surface area contributed by atoms with Crippen LogP contribution in [0, 0.1) is 0 Å². The van der Waals surface area contributed by atoms with E-state index in [0.29, 0.717) is 5.02 Å². The quantitative estimate of drug-likeness (QED) is 0.742. The van der Waals surface area contributed by atoms with Crippen LogP contribution in [-0.2, 0) is 4.79 Å². The zero-order valence-corrected chi connectivity index (χ0v) is 10.3. The third-order valence-corrected chi connectivity index (χ3v) is 2.58. The van der Waals surface area contributed by atoms with Crippen LogP contribution in [0.3, 0.4) is 0 Å². The third kappa shape index (κ3) is 2.96. The zero-order valence-electron chi connectivity index (χ0n) is 7.97. The fraction of sp³-hybridized carbons (Fsp3) is 0.182. The second-order valence-electron chi connectivity index (χ2n) is 3.06. The Kier molecular flexibility index (Phi) is 3.90. The molecule has 0 unspecified atom stereocenters. The predicted octanol–water partition coefficient (Wildman–Crippen LogP) is 4.09. The highest BCUT2D eigenvalue weighted by Gasteiger charge is 2.03. The van der Waals surface area contributed by atoms with Crippen LogP contribution in [-0.4, -0.2) is 5.78 Å². The molecule has 0 spiro atoms. The van der Waals surface area contributed by atoms with Gasteiger partial charge in [0.15, 0.2) is 5.78 Å². The molecule has 0 fully saturated rings. The monoisotopic (exact) mass is 272 g/mol. The standard InChI is InChI=1S/C11H10BrClO/c1-7(5-8(2)14)10-4-3-9(12)6-11(10)13/h3-6H,1-2H3/b7-5-. The van der Waals surface area contributed by atoms with Gasteiger partial charge in [-0.25, -0.2) is 0 Å². The minimum atomic E-state index is 0.0292. The van der Waals surface area contributed by atoms with Crippen molar-refractivity contribution in [3.8, 4) is 0 Å². The van der Waals surface area contributed by atoms with E-state index in [1.807, 2.05) is 25.1 Å². The van der Waals surface area contributed by atoms with Crippen LogP contribution in [0.2, 0.25) is 5.02 Å². The van der Waals surface area contributed by atoms with E-state index in [2.05, 4.69) is 15.9 Å². The van der Waals surface area contributed by atoms with Crippen molar-refractivity contribution in [3.63, 3.8) is 0 Å². The molecule has 14 heavy (non-hydrogen) atoms. The summed E-state index contributed by atoms with van der Waals surface area (Å²) in [5.41, 5.74) is 1.78. The van der Waals surface area contributed by atoms with E-state index in [0.717, 1.165) is 15.6 Å². The summed E-state index contributed by atoms with van der Waals surface area (Å²) in [6.07, 6.45) is 1.58. The summed E-state index contributed by atoms with van der Waals surface area (Å²) in [5.74, 6) is 0.0292. The molecule has 1 nitrogen and oxygen atoms in total. The van der Waals surface area contributed by atoms with Crippen LogP contribution >= 0.6 is 27.5 Å². The SMILES string of the molecule is CC(=O)/C=C(/C)c1ccc(Br)cc1Cl. The Morgan fingerprint density at radius 2 is 2.07 bits per heavy atom. The molecule has 0 amide bonds. The molecule has 0 N–H and O–H groups in total. The van der Waals surface area contributed by atoms with Gasteiger partial charge in [-0.1, -0.05) is 33.6 Å². The Morgan fingerprint density at radius 1 is 1.43 bits per heavy atom. The van der Waals surface area contributed by atoms with E-state index in [9.17, 15) is 4.79 Å². The molecule has 0 bridgehead atoms. The van der Waals surface area contributed by atoms with Crippen molar-refractivity contribution < 1.29 is 4.79 Å². The van der Waals surface area contributed by atoms with Gasteiger partial charge in [0, 0.05) is 9.50 Å². The summed E-state index contributed by atoms with van der Waals surface area (Å²) < 4.78 is 0.932. The molecule has 0 heterocycles. The molecule has 0 aliphatic rings. The van der Waals surface area contributed by atoms with E-state index >= 15 is 0 Å². The lowest BCUT2D eigenvalue weighted by Gasteiger charge is -2.04. The van der Waals surface area contributed by atoms with Gasteiger partial charge in [0.05, 0.1) is 0 Å². The zero-order chi connectivity index (χ0) is 10.7. The highest BCUT2D eigenvalue weighted by atomic mass is 79.9. The normalized spacial score (nSPS) is 11.6. The van der Waals surface area contributed by atoms with E-state index in [-0.39, 0.29) is 5.78 Å². The van der Waals surface area contributed by atoms with Gasteiger partial charge in [-0.05, 0) is 43.2 Å². The van der Waals surface area contributed by atoms with Gasteiger partial charge in [-0.15, -0.1) is 0 Å². The lowest BCUT2D eigenvalue weighted by Crippen LogP contribution is -1.87. The lowest BCUT2D eigenvalue weighted by molar-refractivity contribution is -0.112. The maximum atomic E-state index is 10.9. The van der Waals surface area contributed by atoms with Crippen LogP contribution in [0.4, 0.5) is 0 Å². The highest BCUT2D eigenvalue weighted by Crippen LogP contribution is 2.26. The first-order valence-corrected chi connectivity index (χ1v) is 5.32. The minimum Gasteiger partial charge on any atom is -0.295 e. The Bertz CT molecular complexity index is 396. The average Bonchev–Trinajstić information content (AvgIpc) is 2.01. The molecule has 1 aromatic rings. The van der Waals surface area contributed by atoms with Gasteiger partial charge >= 0.3 is 0 Å². The molecule has 1 rings (SSSR count). The van der Waals surface area contributed by atoms with Crippen molar-refractivity contribution >= 4 is 38.9 Å². The molecule has 0 aliphatic carbocycles. The largest absolute Gasteiger partial charge is 0.295 e. The summed E-state index contributed by atoms with van der Waals surface area (Å²) in [6.45, 7) is 3.40. The maximum absolute atomic E-state index is 10.9. The van der Waals surface area contributed by atoms with Gasteiger partial charge < -0.3 is 0 Å². The first-order chi connectivity index (χ1) is 6.50. The molecule has 0 aliphatic heterocycles. The highest BCUT2D eigenvalue weighted by molar-refractivity contribution is 9.10. The van der Waals surface area contributed by atoms with Gasteiger partial charge in [0.1, 0.15) is 0 Å². The number of hydrogen-bond acceptors (Lipinski definition) is 1. The Balaban J connectivity index is 3.14. The predicted molar refractivity (Wildman–Crippen MR) is 63.5 cm³/mol. The molecule has 0 radical (unpaired) electrons. The molecule has 0 aromatic heterocycles. The molecule has 0 saturated heterocycles. The molecule has 74 valence electrons. The van der Waals surface area contributed by atoms with Crippen LogP contribution in [0.1, 0.15) is 19.4 Å². The Labute approximate surface area is 96.9 Å². The molecule has 0 saturated carbocycles. The number of allylic oxidation sites excluding steroid dienone is 2.